The maximum atomic E-state index is 12.8. The predicted molar refractivity (Wildman–Crippen MR) is 108 cm³/mol. The summed E-state index contributed by atoms with van der Waals surface area (Å²) in [7, 11) is 3.18. The number of fused-ring (bicyclic) bond motifs is 1. The van der Waals surface area contributed by atoms with Gasteiger partial charge in [-0.05, 0) is 57.4 Å². The summed E-state index contributed by atoms with van der Waals surface area (Å²) in [6.07, 6.45) is 0.704. The summed E-state index contributed by atoms with van der Waals surface area (Å²) in [5, 5.41) is 8.64. The third-order valence-electron chi connectivity index (χ3n) is 4.55. The number of benzene rings is 1. The molecule has 1 aliphatic heterocycles. The lowest BCUT2D eigenvalue weighted by atomic mass is 9.92. The van der Waals surface area contributed by atoms with Crippen molar-refractivity contribution in [3.63, 3.8) is 0 Å². The Balaban J connectivity index is 2.34. The third kappa shape index (κ3) is 5.21. The molecule has 1 aromatic carbocycles. The molecule has 0 aromatic heterocycles. The molecule has 0 bridgehead atoms. The molecule has 0 spiro atoms. The van der Waals surface area contributed by atoms with Gasteiger partial charge >= 0.3 is 12.1 Å². The highest BCUT2D eigenvalue weighted by Gasteiger charge is 2.32. The molecule has 8 heteroatoms. The molecule has 0 saturated carbocycles. The fraction of sp³-hybridized carbons (Fsp3) is 0.600. The zero-order valence-corrected chi connectivity index (χ0v) is 17.6. The van der Waals surface area contributed by atoms with Gasteiger partial charge in [-0.2, -0.15) is 0 Å². The van der Waals surface area contributed by atoms with Crippen LogP contribution in [0.3, 0.4) is 0 Å². The minimum Gasteiger partial charge on any atom is -0.493 e. The summed E-state index contributed by atoms with van der Waals surface area (Å²) in [6, 6.07) is 3.20. The van der Waals surface area contributed by atoms with E-state index in [9.17, 15) is 9.59 Å². The van der Waals surface area contributed by atoms with Gasteiger partial charge in [0, 0.05) is 25.2 Å². The van der Waals surface area contributed by atoms with Crippen molar-refractivity contribution in [2.45, 2.75) is 52.2 Å². The van der Waals surface area contributed by atoms with E-state index < -0.39 is 0 Å². The quantitative estimate of drug-likeness (QED) is 0.693. The van der Waals surface area contributed by atoms with Crippen molar-refractivity contribution < 1.29 is 19.1 Å². The second kappa shape index (κ2) is 9.52. The van der Waals surface area contributed by atoms with E-state index in [2.05, 4.69) is 16.0 Å². The number of carbonyl (C=O) groups is 2. The van der Waals surface area contributed by atoms with Gasteiger partial charge in [0.15, 0.2) is 11.5 Å². The molecular formula is C20H32N4O4. The normalized spacial score (nSPS) is 15.9. The molecular weight excluding hydrogens is 360 g/mol. The van der Waals surface area contributed by atoms with E-state index in [0.29, 0.717) is 31.0 Å². The second-order valence-corrected chi connectivity index (χ2v) is 7.48. The average Bonchev–Trinajstić information content (AvgIpc) is 2.63. The highest BCUT2D eigenvalue weighted by molar-refractivity contribution is 5.77. The summed E-state index contributed by atoms with van der Waals surface area (Å²) < 4.78 is 10.9. The number of ether oxygens (including phenoxy) is 2. The molecule has 4 amide bonds. The minimum absolute atomic E-state index is 0.0251. The summed E-state index contributed by atoms with van der Waals surface area (Å²) in [4.78, 5) is 26.6. The molecule has 0 fully saturated rings. The molecule has 28 heavy (non-hydrogen) atoms. The number of amides is 4. The van der Waals surface area contributed by atoms with Gasteiger partial charge in [-0.15, -0.1) is 0 Å². The van der Waals surface area contributed by atoms with Crippen LogP contribution in [0.15, 0.2) is 12.1 Å². The Bertz CT molecular complexity index is 706. The van der Waals surface area contributed by atoms with E-state index in [1.807, 2.05) is 39.8 Å². The lowest BCUT2D eigenvalue weighted by Gasteiger charge is -2.38. The fourth-order valence-corrected chi connectivity index (χ4v) is 3.32. The van der Waals surface area contributed by atoms with Crippen molar-refractivity contribution in [3.05, 3.63) is 23.3 Å². The maximum Gasteiger partial charge on any atom is 0.318 e. The first kappa shape index (κ1) is 21.7. The minimum atomic E-state index is -0.305. The van der Waals surface area contributed by atoms with Crippen LogP contribution in [-0.2, 0) is 6.42 Å². The van der Waals surface area contributed by atoms with Crippen LogP contribution in [0.2, 0.25) is 0 Å². The molecule has 0 saturated heterocycles. The van der Waals surface area contributed by atoms with E-state index in [0.717, 1.165) is 11.1 Å². The first-order chi connectivity index (χ1) is 13.3. The van der Waals surface area contributed by atoms with Gasteiger partial charge in [-0.3, -0.25) is 0 Å². The van der Waals surface area contributed by atoms with Crippen molar-refractivity contribution in [2.24, 2.45) is 0 Å². The van der Waals surface area contributed by atoms with E-state index in [1.54, 1.807) is 19.1 Å². The number of hydrogen-bond acceptors (Lipinski definition) is 4. The average molecular weight is 393 g/mol. The summed E-state index contributed by atoms with van der Waals surface area (Å²) in [5.41, 5.74) is 2.04. The number of methoxy groups -OCH3 is 2. The van der Waals surface area contributed by atoms with Gasteiger partial charge < -0.3 is 30.3 Å². The molecule has 3 N–H and O–H groups in total. The van der Waals surface area contributed by atoms with Crippen LogP contribution in [-0.4, -0.2) is 56.4 Å². The van der Waals surface area contributed by atoms with Gasteiger partial charge in [0.25, 0.3) is 0 Å². The van der Waals surface area contributed by atoms with E-state index in [1.165, 1.54) is 0 Å². The van der Waals surface area contributed by atoms with Gasteiger partial charge in [0.05, 0.1) is 20.3 Å². The first-order valence-corrected chi connectivity index (χ1v) is 9.63. The van der Waals surface area contributed by atoms with Gasteiger partial charge in [0.2, 0.25) is 0 Å². The van der Waals surface area contributed by atoms with Gasteiger partial charge in [0.1, 0.15) is 0 Å². The summed E-state index contributed by atoms with van der Waals surface area (Å²) in [5.74, 6) is 1.26. The topological polar surface area (TPSA) is 91.9 Å². The Morgan fingerprint density at radius 3 is 2.25 bits per heavy atom. The SMILES string of the molecule is COc1cc2c(cc1OC)[C@@H](CNC(=O)NC(C)C)N(C(=O)NC(C)C)CC2. The largest absolute Gasteiger partial charge is 0.493 e. The Morgan fingerprint density at radius 1 is 1.07 bits per heavy atom. The van der Waals surface area contributed by atoms with Crippen molar-refractivity contribution >= 4 is 12.1 Å². The van der Waals surface area contributed by atoms with Crippen LogP contribution in [0.25, 0.3) is 0 Å². The Morgan fingerprint density at radius 2 is 1.68 bits per heavy atom. The Kier molecular flexibility index (Phi) is 7.37. The summed E-state index contributed by atoms with van der Waals surface area (Å²) >= 11 is 0. The molecule has 1 aromatic rings. The molecule has 1 atom stereocenters. The lowest BCUT2D eigenvalue weighted by molar-refractivity contribution is 0.164. The van der Waals surface area contributed by atoms with Crippen molar-refractivity contribution in [1.82, 2.24) is 20.9 Å². The van der Waals surface area contributed by atoms with Crippen molar-refractivity contribution in [3.8, 4) is 11.5 Å². The zero-order valence-electron chi connectivity index (χ0n) is 17.6. The third-order valence-corrected chi connectivity index (χ3v) is 4.55. The molecule has 0 aliphatic carbocycles. The highest BCUT2D eigenvalue weighted by atomic mass is 16.5. The van der Waals surface area contributed by atoms with E-state index in [4.69, 9.17) is 9.47 Å². The molecule has 8 nitrogen and oxygen atoms in total. The fourth-order valence-electron chi connectivity index (χ4n) is 3.32. The van der Waals surface area contributed by atoms with Crippen LogP contribution >= 0.6 is 0 Å². The Hall–Kier alpha value is -2.64. The number of rotatable bonds is 6. The maximum absolute atomic E-state index is 12.8. The smallest absolute Gasteiger partial charge is 0.318 e. The second-order valence-electron chi connectivity index (χ2n) is 7.48. The number of hydrogen-bond donors (Lipinski definition) is 3. The van der Waals surface area contributed by atoms with Gasteiger partial charge in [-0.1, -0.05) is 0 Å². The number of carbonyl (C=O) groups excluding carboxylic acids is 2. The molecule has 156 valence electrons. The van der Waals surface area contributed by atoms with Crippen LogP contribution in [0.1, 0.15) is 44.9 Å². The van der Waals surface area contributed by atoms with Crippen LogP contribution in [0.5, 0.6) is 11.5 Å². The zero-order chi connectivity index (χ0) is 20.8. The number of urea groups is 2. The van der Waals surface area contributed by atoms with Crippen LogP contribution in [0, 0.1) is 0 Å². The van der Waals surface area contributed by atoms with Crippen molar-refractivity contribution in [2.75, 3.05) is 27.3 Å². The molecule has 0 unspecified atom stereocenters. The van der Waals surface area contributed by atoms with Crippen molar-refractivity contribution in [1.29, 1.82) is 0 Å². The first-order valence-electron chi connectivity index (χ1n) is 9.63. The molecule has 1 aliphatic rings. The predicted octanol–water partition coefficient (Wildman–Crippen LogP) is 2.43. The van der Waals surface area contributed by atoms with Crippen LogP contribution < -0.4 is 25.4 Å². The monoisotopic (exact) mass is 392 g/mol. The van der Waals surface area contributed by atoms with E-state index in [-0.39, 0.29) is 30.2 Å². The van der Waals surface area contributed by atoms with Crippen LogP contribution in [0.4, 0.5) is 9.59 Å². The lowest BCUT2D eigenvalue weighted by Crippen LogP contribution is -2.51. The molecule has 0 radical (unpaired) electrons. The molecule has 2 rings (SSSR count). The molecule has 1 heterocycles. The summed E-state index contributed by atoms with van der Waals surface area (Å²) in [6.45, 7) is 8.50. The standard InChI is InChI=1S/C20H32N4O4/c1-12(2)22-19(25)21-11-16-15-10-18(28-6)17(27-5)9-14(15)7-8-24(16)20(26)23-13(3)4/h9-10,12-13,16H,7-8,11H2,1-6H3,(H,23,26)(H2,21,22,25)/t16-/m1/s1. The van der Waals surface area contributed by atoms with E-state index >= 15 is 0 Å². The van der Waals surface area contributed by atoms with Gasteiger partial charge in [-0.25, -0.2) is 9.59 Å². The Labute approximate surface area is 166 Å². The highest BCUT2D eigenvalue weighted by Crippen LogP contribution is 2.38. The number of nitrogens with zero attached hydrogens (tertiary/aromatic N) is 1. The number of nitrogens with one attached hydrogen (secondary N) is 3.